The molecule has 0 saturated heterocycles. The molecular formula is C10H17. The van der Waals surface area contributed by atoms with Crippen molar-refractivity contribution in [1.29, 1.82) is 0 Å². The number of rotatable bonds is 2. The Bertz CT molecular complexity index is 111. The highest BCUT2D eigenvalue weighted by atomic mass is 14.2. The third-order valence-corrected chi connectivity index (χ3v) is 1.97. The van der Waals surface area contributed by atoms with Gasteiger partial charge in [0.15, 0.2) is 0 Å². The van der Waals surface area contributed by atoms with E-state index in [0.29, 0.717) is 0 Å². The third-order valence-electron chi connectivity index (χ3n) is 1.97. The molecule has 1 aliphatic carbocycles. The van der Waals surface area contributed by atoms with Crippen LogP contribution in [0.2, 0.25) is 0 Å². The molecule has 0 aliphatic heterocycles. The van der Waals surface area contributed by atoms with E-state index >= 15 is 0 Å². The van der Waals surface area contributed by atoms with Gasteiger partial charge in [-0.05, 0) is 37.5 Å². The van der Waals surface area contributed by atoms with Crippen LogP contribution in [0.4, 0.5) is 0 Å². The fourth-order valence-electron chi connectivity index (χ4n) is 1.54. The van der Waals surface area contributed by atoms with Crippen LogP contribution in [0.25, 0.3) is 0 Å². The lowest BCUT2D eigenvalue weighted by Gasteiger charge is -2.18. The summed E-state index contributed by atoms with van der Waals surface area (Å²) in [4.78, 5) is 0. The first-order valence-electron chi connectivity index (χ1n) is 4.29. The normalized spacial score (nSPS) is 25.7. The van der Waals surface area contributed by atoms with Gasteiger partial charge < -0.3 is 0 Å². The molecule has 1 atom stereocenters. The van der Waals surface area contributed by atoms with Crippen molar-refractivity contribution in [2.24, 2.45) is 11.8 Å². The summed E-state index contributed by atoms with van der Waals surface area (Å²) in [6, 6.07) is 0. The first-order valence-corrected chi connectivity index (χ1v) is 4.29. The van der Waals surface area contributed by atoms with Crippen molar-refractivity contribution < 1.29 is 0 Å². The second-order valence-corrected chi connectivity index (χ2v) is 3.48. The molecule has 1 aliphatic rings. The highest BCUT2D eigenvalue weighted by Gasteiger charge is 2.10. The summed E-state index contributed by atoms with van der Waals surface area (Å²) >= 11 is 0. The molecule has 1 unspecified atom stereocenters. The first kappa shape index (κ1) is 7.84. The molecule has 0 spiro atoms. The molecule has 0 heteroatoms. The maximum Gasteiger partial charge on any atom is -0.0319 e. The van der Waals surface area contributed by atoms with Crippen LogP contribution in [0.1, 0.15) is 33.1 Å². The smallest absolute Gasteiger partial charge is 0.0319 e. The van der Waals surface area contributed by atoms with Gasteiger partial charge in [0, 0.05) is 0 Å². The van der Waals surface area contributed by atoms with E-state index in [1.165, 1.54) is 19.3 Å². The Morgan fingerprint density at radius 3 is 2.70 bits per heavy atom. The van der Waals surface area contributed by atoms with Gasteiger partial charge in [-0.15, -0.1) is 0 Å². The zero-order valence-electron chi connectivity index (χ0n) is 7.01. The topological polar surface area (TPSA) is 0 Å². The average molecular weight is 137 g/mol. The summed E-state index contributed by atoms with van der Waals surface area (Å²) in [5, 5.41) is 0. The van der Waals surface area contributed by atoms with Gasteiger partial charge in [0.1, 0.15) is 0 Å². The molecule has 0 fully saturated rings. The fraction of sp³-hybridized carbons (Fsp3) is 0.700. The van der Waals surface area contributed by atoms with Crippen LogP contribution >= 0.6 is 0 Å². The predicted octanol–water partition coefficient (Wildman–Crippen LogP) is 3.20. The number of hydrogen-bond acceptors (Lipinski definition) is 0. The van der Waals surface area contributed by atoms with Crippen LogP contribution in [-0.2, 0) is 0 Å². The van der Waals surface area contributed by atoms with Crippen LogP contribution in [-0.4, -0.2) is 0 Å². The van der Waals surface area contributed by atoms with Crippen molar-refractivity contribution in [3.63, 3.8) is 0 Å². The molecule has 10 heavy (non-hydrogen) atoms. The van der Waals surface area contributed by atoms with Crippen LogP contribution in [0, 0.1) is 18.3 Å². The van der Waals surface area contributed by atoms with E-state index in [9.17, 15) is 0 Å². The van der Waals surface area contributed by atoms with Gasteiger partial charge in [-0.3, -0.25) is 0 Å². The van der Waals surface area contributed by atoms with Crippen LogP contribution in [0.5, 0.6) is 0 Å². The lowest BCUT2D eigenvalue weighted by Crippen LogP contribution is -2.06. The lowest BCUT2D eigenvalue weighted by molar-refractivity contribution is 0.491. The molecule has 0 amide bonds. The Hall–Kier alpha value is -0.260. The fourth-order valence-corrected chi connectivity index (χ4v) is 1.54. The van der Waals surface area contributed by atoms with Gasteiger partial charge in [0.2, 0.25) is 0 Å². The molecule has 1 radical (unpaired) electrons. The summed E-state index contributed by atoms with van der Waals surface area (Å²) in [5.74, 6) is 1.63. The molecule has 0 heterocycles. The summed E-state index contributed by atoms with van der Waals surface area (Å²) in [7, 11) is 0. The average Bonchev–Trinajstić information content (AvgIpc) is 1.88. The molecule has 0 aromatic carbocycles. The zero-order chi connectivity index (χ0) is 7.40. The van der Waals surface area contributed by atoms with Crippen LogP contribution < -0.4 is 0 Å². The van der Waals surface area contributed by atoms with Gasteiger partial charge in [0.05, 0.1) is 0 Å². The minimum Gasteiger partial charge on any atom is -0.0885 e. The minimum absolute atomic E-state index is 0.761. The minimum atomic E-state index is 0.761. The van der Waals surface area contributed by atoms with Crippen molar-refractivity contribution in [3.8, 4) is 0 Å². The summed E-state index contributed by atoms with van der Waals surface area (Å²) in [6.45, 7) is 4.52. The van der Waals surface area contributed by atoms with E-state index in [0.717, 1.165) is 11.8 Å². The summed E-state index contributed by atoms with van der Waals surface area (Å²) in [6.07, 6.45) is 11.0. The highest BCUT2D eigenvalue weighted by molar-refractivity contribution is 4.95. The Morgan fingerprint density at radius 2 is 2.20 bits per heavy atom. The zero-order valence-corrected chi connectivity index (χ0v) is 7.01. The van der Waals surface area contributed by atoms with E-state index in [4.69, 9.17) is 0 Å². The van der Waals surface area contributed by atoms with Crippen LogP contribution in [0.3, 0.4) is 0 Å². The third kappa shape index (κ3) is 2.55. The molecule has 0 N–H and O–H groups in total. The van der Waals surface area contributed by atoms with E-state index in [2.05, 4.69) is 32.4 Å². The van der Waals surface area contributed by atoms with Crippen molar-refractivity contribution in [2.75, 3.05) is 0 Å². The number of hydrogen-bond donors (Lipinski definition) is 0. The van der Waals surface area contributed by atoms with E-state index < -0.39 is 0 Å². The molecule has 57 valence electrons. The summed E-state index contributed by atoms with van der Waals surface area (Å²) < 4.78 is 0. The SMILES string of the molecule is CC(C)[CH]C1CC=CCC1. The standard InChI is InChI=1S/C10H17/c1-9(2)8-10-6-4-3-5-7-10/h3-4,8-10H,5-7H2,1-2H3. The van der Waals surface area contributed by atoms with Crippen molar-refractivity contribution >= 4 is 0 Å². The molecule has 0 bridgehead atoms. The Morgan fingerprint density at radius 1 is 1.40 bits per heavy atom. The Balaban J connectivity index is 2.22. The van der Waals surface area contributed by atoms with Crippen molar-refractivity contribution in [2.45, 2.75) is 33.1 Å². The molecule has 0 aromatic rings. The molecule has 0 nitrogen and oxygen atoms in total. The Kier molecular flexibility index (Phi) is 2.98. The molecule has 0 saturated carbocycles. The second kappa shape index (κ2) is 3.80. The molecule has 1 rings (SSSR count). The molecular weight excluding hydrogens is 120 g/mol. The Labute approximate surface area is 64.3 Å². The number of allylic oxidation sites excluding steroid dienone is 2. The lowest BCUT2D eigenvalue weighted by atomic mass is 9.87. The quantitative estimate of drug-likeness (QED) is 0.513. The van der Waals surface area contributed by atoms with Gasteiger partial charge in [0.25, 0.3) is 0 Å². The second-order valence-electron chi connectivity index (χ2n) is 3.48. The maximum atomic E-state index is 2.48. The largest absolute Gasteiger partial charge is 0.0885 e. The molecule has 0 aromatic heterocycles. The van der Waals surface area contributed by atoms with Crippen molar-refractivity contribution in [1.82, 2.24) is 0 Å². The predicted molar refractivity (Wildman–Crippen MR) is 45.6 cm³/mol. The van der Waals surface area contributed by atoms with Gasteiger partial charge in [-0.2, -0.15) is 0 Å². The van der Waals surface area contributed by atoms with Gasteiger partial charge in [-0.25, -0.2) is 0 Å². The maximum absolute atomic E-state index is 2.48. The van der Waals surface area contributed by atoms with Gasteiger partial charge in [-0.1, -0.05) is 26.0 Å². The highest BCUT2D eigenvalue weighted by Crippen LogP contribution is 2.23. The van der Waals surface area contributed by atoms with E-state index in [-0.39, 0.29) is 0 Å². The summed E-state index contributed by atoms with van der Waals surface area (Å²) in [5.41, 5.74) is 0. The van der Waals surface area contributed by atoms with E-state index in [1.54, 1.807) is 0 Å². The van der Waals surface area contributed by atoms with Crippen molar-refractivity contribution in [3.05, 3.63) is 18.6 Å². The first-order chi connectivity index (χ1) is 4.79. The van der Waals surface area contributed by atoms with E-state index in [1.807, 2.05) is 0 Å². The van der Waals surface area contributed by atoms with Gasteiger partial charge >= 0.3 is 0 Å². The van der Waals surface area contributed by atoms with Crippen LogP contribution in [0.15, 0.2) is 12.2 Å². The monoisotopic (exact) mass is 137 g/mol.